The van der Waals surface area contributed by atoms with Gasteiger partial charge in [0.1, 0.15) is 0 Å². The summed E-state index contributed by atoms with van der Waals surface area (Å²) >= 11 is 2.07. The number of ether oxygens (including phenoxy) is 1. The van der Waals surface area contributed by atoms with Crippen molar-refractivity contribution in [3.05, 3.63) is 17.5 Å². The second-order valence-corrected chi connectivity index (χ2v) is 7.72. The summed E-state index contributed by atoms with van der Waals surface area (Å²) in [5, 5.41) is 8.06. The lowest BCUT2D eigenvalue weighted by molar-refractivity contribution is -0.107. The fourth-order valence-corrected chi connectivity index (χ4v) is 5.23. The fourth-order valence-electron chi connectivity index (χ4n) is 3.99. The van der Waals surface area contributed by atoms with Crippen LogP contribution in [0.5, 0.6) is 0 Å². The second-order valence-electron chi connectivity index (χ2n) is 6.50. The lowest BCUT2D eigenvalue weighted by Crippen LogP contribution is -2.45. The highest BCUT2D eigenvalue weighted by Gasteiger charge is 2.41. The van der Waals surface area contributed by atoms with E-state index in [1.165, 1.54) is 36.5 Å². The molecule has 21 heavy (non-hydrogen) atoms. The minimum absolute atomic E-state index is 0.150. The van der Waals surface area contributed by atoms with Crippen molar-refractivity contribution < 1.29 is 4.74 Å². The summed E-state index contributed by atoms with van der Waals surface area (Å²) in [5.41, 5.74) is 2.56. The molecule has 0 bridgehead atoms. The molecule has 0 aromatic carbocycles. The fraction of sp³-hybridized carbons (Fsp3) is 0.812. The van der Waals surface area contributed by atoms with Crippen LogP contribution in [0.2, 0.25) is 0 Å². The maximum Gasteiger partial charge on any atom is 0.0701 e. The van der Waals surface area contributed by atoms with Crippen LogP contribution in [0.4, 0.5) is 0 Å². The lowest BCUT2D eigenvalue weighted by Gasteiger charge is -2.45. The summed E-state index contributed by atoms with van der Waals surface area (Å²) in [6.07, 6.45) is 4.76. The van der Waals surface area contributed by atoms with Crippen molar-refractivity contribution in [2.24, 2.45) is 13.0 Å². The predicted molar refractivity (Wildman–Crippen MR) is 87.7 cm³/mol. The number of hydrogen-bond acceptors (Lipinski definition) is 4. The lowest BCUT2D eigenvalue weighted by atomic mass is 9.78. The number of aryl methyl sites for hydroxylation is 2. The molecule has 2 aliphatic rings. The number of aromatic nitrogens is 2. The van der Waals surface area contributed by atoms with Gasteiger partial charge >= 0.3 is 0 Å². The molecule has 2 saturated heterocycles. The Balaban J connectivity index is 1.78. The highest BCUT2D eigenvalue weighted by molar-refractivity contribution is 7.99. The van der Waals surface area contributed by atoms with Gasteiger partial charge in [-0.25, -0.2) is 0 Å². The van der Waals surface area contributed by atoms with E-state index in [4.69, 9.17) is 4.74 Å². The minimum atomic E-state index is 0.150. The van der Waals surface area contributed by atoms with Crippen molar-refractivity contribution in [2.45, 2.75) is 44.2 Å². The first-order valence-corrected chi connectivity index (χ1v) is 9.18. The predicted octanol–water partition coefficient (Wildman–Crippen LogP) is 2.68. The van der Waals surface area contributed by atoms with Gasteiger partial charge in [0.05, 0.1) is 23.0 Å². The Bertz CT molecular complexity index is 476. The van der Waals surface area contributed by atoms with Crippen molar-refractivity contribution in [3.63, 3.8) is 0 Å². The van der Waals surface area contributed by atoms with E-state index in [1.54, 1.807) is 0 Å². The second kappa shape index (κ2) is 6.31. The van der Waals surface area contributed by atoms with Gasteiger partial charge in [0.15, 0.2) is 0 Å². The van der Waals surface area contributed by atoms with E-state index in [0.29, 0.717) is 12.0 Å². The molecule has 4 nitrogen and oxygen atoms in total. The molecule has 1 aromatic rings. The number of nitrogens with one attached hydrogen (secondary N) is 1. The van der Waals surface area contributed by atoms with E-state index in [2.05, 4.69) is 49.3 Å². The highest BCUT2D eigenvalue weighted by Crippen LogP contribution is 2.43. The van der Waals surface area contributed by atoms with Gasteiger partial charge in [0, 0.05) is 13.7 Å². The number of thioether (sulfide) groups is 1. The quantitative estimate of drug-likeness (QED) is 0.932. The van der Waals surface area contributed by atoms with Crippen molar-refractivity contribution in [1.29, 1.82) is 0 Å². The van der Waals surface area contributed by atoms with Gasteiger partial charge in [-0.1, -0.05) is 0 Å². The minimum Gasteiger partial charge on any atom is -0.375 e. The van der Waals surface area contributed by atoms with Gasteiger partial charge in [0.25, 0.3) is 0 Å². The Morgan fingerprint density at radius 1 is 1.48 bits per heavy atom. The zero-order valence-electron chi connectivity index (χ0n) is 13.4. The van der Waals surface area contributed by atoms with Crippen molar-refractivity contribution in [1.82, 2.24) is 15.1 Å². The van der Waals surface area contributed by atoms with Crippen LogP contribution < -0.4 is 5.32 Å². The van der Waals surface area contributed by atoms with E-state index in [-0.39, 0.29) is 5.60 Å². The van der Waals surface area contributed by atoms with Crippen molar-refractivity contribution in [3.8, 4) is 0 Å². The molecule has 0 aliphatic carbocycles. The van der Waals surface area contributed by atoms with Crippen molar-refractivity contribution >= 4 is 11.8 Å². The SMILES string of the molecule is CNC(c1cc(C)nn1C)C1CCOC2(CCSCC2)C1. The Kier molecular flexibility index (Phi) is 4.62. The Morgan fingerprint density at radius 2 is 2.24 bits per heavy atom. The van der Waals surface area contributed by atoms with Crippen LogP contribution in [0.1, 0.15) is 43.1 Å². The van der Waals surface area contributed by atoms with Gasteiger partial charge in [-0.15, -0.1) is 0 Å². The number of hydrogen-bond donors (Lipinski definition) is 1. The topological polar surface area (TPSA) is 39.1 Å². The third-order valence-corrected chi connectivity index (χ3v) is 6.06. The third kappa shape index (κ3) is 3.15. The van der Waals surface area contributed by atoms with Gasteiger partial charge in [-0.3, -0.25) is 4.68 Å². The number of rotatable bonds is 3. The van der Waals surface area contributed by atoms with Gasteiger partial charge in [-0.2, -0.15) is 16.9 Å². The smallest absolute Gasteiger partial charge is 0.0701 e. The first-order valence-electron chi connectivity index (χ1n) is 8.03. The highest BCUT2D eigenvalue weighted by atomic mass is 32.2. The third-order valence-electron chi connectivity index (χ3n) is 5.07. The van der Waals surface area contributed by atoms with Crippen LogP contribution >= 0.6 is 11.8 Å². The average molecular weight is 309 g/mol. The molecule has 0 saturated carbocycles. The zero-order chi connectivity index (χ0) is 14.9. The van der Waals surface area contributed by atoms with Crippen LogP contribution in [-0.4, -0.2) is 40.5 Å². The van der Waals surface area contributed by atoms with Crippen LogP contribution in [0.3, 0.4) is 0 Å². The molecule has 1 N–H and O–H groups in total. The molecule has 1 spiro atoms. The molecular weight excluding hydrogens is 282 g/mol. The van der Waals surface area contributed by atoms with Gasteiger partial charge < -0.3 is 10.1 Å². The maximum atomic E-state index is 6.24. The molecule has 0 amide bonds. The van der Waals surface area contributed by atoms with E-state index in [0.717, 1.165) is 18.7 Å². The monoisotopic (exact) mass is 309 g/mol. The molecular formula is C16H27N3OS. The summed E-state index contributed by atoms with van der Waals surface area (Å²) in [5.74, 6) is 3.14. The Morgan fingerprint density at radius 3 is 2.86 bits per heavy atom. The molecule has 5 heteroatoms. The Hall–Kier alpha value is -0.520. The first-order chi connectivity index (χ1) is 10.1. The first kappa shape index (κ1) is 15.4. The molecule has 2 aliphatic heterocycles. The van der Waals surface area contributed by atoms with E-state index >= 15 is 0 Å². The normalized spacial score (nSPS) is 26.9. The molecule has 2 atom stereocenters. The maximum absolute atomic E-state index is 6.24. The van der Waals surface area contributed by atoms with Crippen LogP contribution in [0, 0.1) is 12.8 Å². The Labute approximate surface area is 132 Å². The molecule has 2 fully saturated rings. The molecule has 2 unspecified atom stereocenters. The van der Waals surface area contributed by atoms with Crippen LogP contribution in [0.25, 0.3) is 0 Å². The molecule has 118 valence electrons. The molecule has 3 heterocycles. The van der Waals surface area contributed by atoms with Crippen LogP contribution in [-0.2, 0) is 11.8 Å². The molecule has 1 aromatic heterocycles. The summed E-state index contributed by atoms with van der Waals surface area (Å²) in [6, 6.07) is 2.60. The summed E-state index contributed by atoms with van der Waals surface area (Å²) in [7, 11) is 4.13. The van der Waals surface area contributed by atoms with E-state index in [1.807, 2.05) is 4.68 Å². The summed E-state index contributed by atoms with van der Waals surface area (Å²) < 4.78 is 8.28. The standard InChI is InChI=1S/C16H27N3OS/c1-12-10-14(19(3)18-12)15(17-2)13-4-7-20-16(11-13)5-8-21-9-6-16/h10,13,15,17H,4-9,11H2,1-3H3. The average Bonchev–Trinajstić information content (AvgIpc) is 2.80. The zero-order valence-corrected chi connectivity index (χ0v) is 14.2. The largest absolute Gasteiger partial charge is 0.375 e. The van der Waals surface area contributed by atoms with Gasteiger partial charge in [-0.05, 0) is 63.1 Å². The molecule has 3 rings (SSSR count). The number of nitrogens with zero attached hydrogens (tertiary/aromatic N) is 2. The summed E-state index contributed by atoms with van der Waals surface area (Å²) in [4.78, 5) is 0. The van der Waals surface area contributed by atoms with Crippen molar-refractivity contribution in [2.75, 3.05) is 25.2 Å². The summed E-state index contributed by atoms with van der Waals surface area (Å²) in [6.45, 7) is 2.98. The van der Waals surface area contributed by atoms with Gasteiger partial charge in [0.2, 0.25) is 0 Å². The van der Waals surface area contributed by atoms with E-state index in [9.17, 15) is 0 Å². The van der Waals surface area contributed by atoms with E-state index < -0.39 is 0 Å². The molecule has 0 radical (unpaired) electrons. The van der Waals surface area contributed by atoms with Crippen LogP contribution in [0.15, 0.2) is 6.07 Å².